The lowest BCUT2D eigenvalue weighted by Crippen LogP contribution is -2.44. The van der Waals surface area contributed by atoms with E-state index >= 15 is 0 Å². The van der Waals surface area contributed by atoms with Crippen molar-refractivity contribution in [2.75, 3.05) is 18.5 Å². The van der Waals surface area contributed by atoms with Crippen LogP contribution >= 0.6 is 0 Å². The van der Waals surface area contributed by atoms with Gasteiger partial charge < -0.3 is 24.6 Å². The van der Waals surface area contributed by atoms with E-state index in [9.17, 15) is 28.7 Å². The molecule has 3 N–H and O–H groups in total. The highest BCUT2D eigenvalue weighted by atomic mass is 19.1. The van der Waals surface area contributed by atoms with Crippen molar-refractivity contribution in [3.8, 4) is 11.5 Å². The minimum absolute atomic E-state index is 0.111. The van der Waals surface area contributed by atoms with Crippen molar-refractivity contribution < 1.29 is 42.9 Å². The molecule has 0 saturated heterocycles. The maximum atomic E-state index is 14.7. The van der Waals surface area contributed by atoms with Gasteiger partial charge in [0.05, 0.1) is 12.2 Å². The van der Waals surface area contributed by atoms with Crippen molar-refractivity contribution in [1.82, 2.24) is 5.32 Å². The molecule has 0 aromatic heterocycles. The molecule has 0 aliphatic rings. The van der Waals surface area contributed by atoms with E-state index in [1.165, 1.54) is 36.4 Å². The Morgan fingerprint density at radius 2 is 1.70 bits per heavy atom. The molecular formula is C29H29FN2O8. The summed E-state index contributed by atoms with van der Waals surface area (Å²) in [4.78, 5) is 48.0. The summed E-state index contributed by atoms with van der Waals surface area (Å²) in [7, 11) is 0. The van der Waals surface area contributed by atoms with Crippen molar-refractivity contribution in [2.45, 2.75) is 32.2 Å². The van der Waals surface area contributed by atoms with E-state index in [1.807, 2.05) is 6.92 Å². The zero-order chi connectivity index (χ0) is 28.9. The molecule has 0 aliphatic heterocycles. The Hall–Kier alpha value is -4.93. The zero-order valence-electron chi connectivity index (χ0n) is 21.7. The molecule has 40 heavy (non-hydrogen) atoms. The Morgan fingerprint density at radius 3 is 2.35 bits per heavy atom. The van der Waals surface area contributed by atoms with Crippen molar-refractivity contribution in [1.29, 1.82) is 0 Å². The van der Waals surface area contributed by atoms with Crippen LogP contribution < -0.4 is 20.1 Å². The first-order chi connectivity index (χ1) is 19.2. The number of hydrogen-bond acceptors (Lipinski definition) is 7. The molecule has 1 atom stereocenters. The number of esters is 1. The number of unbranched alkanes of at least 4 members (excludes halogenated alkanes) is 1. The van der Waals surface area contributed by atoms with Gasteiger partial charge in [-0.1, -0.05) is 37.6 Å². The lowest BCUT2D eigenvalue weighted by Gasteiger charge is -2.15. The third kappa shape index (κ3) is 9.43. The largest absolute Gasteiger partial charge is 0.484 e. The monoisotopic (exact) mass is 552 g/mol. The van der Waals surface area contributed by atoms with Crippen LogP contribution in [0.15, 0.2) is 72.8 Å². The standard InChI is InChI=1S/C29H29FN2O8/c1-2-3-15-38-29(37)31-21-12-10-20(11-13-21)28(36)40-25-14-9-19(16-23(25)30)17-24(27(34)35)32-26(33)18-39-22-7-5-4-6-8-22/h4-14,16,24H,2-3,15,17-18H2,1H3,(H,31,37)(H,32,33)(H,34,35). The van der Waals surface area contributed by atoms with Gasteiger partial charge in [0.15, 0.2) is 18.2 Å². The second kappa shape index (κ2) is 14.9. The number of carbonyl (C=O) groups excluding carboxylic acids is 3. The Labute approximate surface area is 230 Å². The van der Waals surface area contributed by atoms with Gasteiger partial charge in [0.2, 0.25) is 0 Å². The Balaban J connectivity index is 1.54. The summed E-state index contributed by atoms with van der Waals surface area (Å²) in [5, 5.41) is 14.4. The first kappa shape index (κ1) is 29.6. The molecule has 0 heterocycles. The highest BCUT2D eigenvalue weighted by Crippen LogP contribution is 2.21. The second-order valence-corrected chi connectivity index (χ2v) is 8.61. The van der Waals surface area contributed by atoms with Crippen LogP contribution in [-0.2, 0) is 20.7 Å². The number of benzene rings is 3. The van der Waals surface area contributed by atoms with Crippen LogP contribution in [0.5, 0.6) is 11.5 Å². The van der Waals surface area contributed by atoms with Gasteiger partial charge in [-0.2, -0.15) is 0 Å². The van der Waals surface area contributed by atoms with Crippen LogP contribution in [0.3, 0.4) is 0 Å². The molecule has 0 radical (unpaired) electrons. The fraction of sp³-hybridized carbons (Fsp3) is 0.241. The number of carboxylic acid groups (broad SMARTS) is 1. The molecular weight excluding hydrogens is 523 g/mol. The van der Waals surface area contributed by atoms with E-state index in [2.05, 4.69) is 10.6 Å². The molecule has 210 valence electrons. The predicted molar refractivity (Wildman–Crippen MR) is 143 cm³/mol. The SMILES string of the molecule is CCCCOC(=O)Nc1ccc(C(=O)Oc2ccc(CC(NC(=O)COc3ccccc3)C(=O)O)cc2F)cc1. The van der Waals surface area contributed by atoms with Crippen molar-refractivity contribution in [2.24, 2.45) is 0 Å². The van der Waals surface area contributed by atoms with E-state index in [0.717, 1.165) is 18.9 Å². The molecule has 2 amide bonds. The number of nitrogens with one attached hydrogen (secondary N) is 2. The van der Waals surface area contributed by atoms with Crippen molar-refractivity contribution in [3.63, 3.8) is 0 Å². The molecule has 0 spiro atoms. The van der Waals surface area contributed by atoms with E-state index in [0.29, 0.717) is 18.0 Å². The predicted octanol–water partition coefficient (Wildman–Crippen LogP) is 4.58. The normalized spacial score (nSPS) is 11.2. The average molecular weight is 553 g/mol. The number of rotatable bonds is 13. The summed E-state index contributed by atoms with van der Waals surface area (Å²) in [5.41, 5.74) is 0.773. The molecule has 11 heteroatoms. The average Bonchev–Trinajstić information content (AvgIpc) is 2.94. The number of hydrogen-bond donors (Lipinski definition) is 3. The molecule has 1 unspecified atom stereocenters. The van der Waals surface area contributed by atoms with Crippen molar-refractivity contribution in [3.05, 3.63) is 89.7 Å². The maximum absolute atomic E-state index is 14.7. The first-order valence-electron chi connectivity index (χ1n) is 12.5. The number of amides is 2. The van der Waals surface area contributed by atoms with Gasteiger partial charge >= 0.3 is 18.0 Å². The van der Waals surface area contributed by atoms with E-state index in [1.54, 1.807) is 30.3 Å². The minimum Gasteiger partial charge on any atom is -0.484 e. The zero-order valence-corrected chi connectivity index (χ0v) is 21.7. The fourth-order valence-electron chi connectivity index (χ4n) is 3.40. The Morgan fingerprint density at radius 1 is 0.975 bits per heavy atom. The second-order valence-electron chi connectivity index (χ2n) is 8.61. The summed E-state index contributed by atoms with van der Waals surface area (Å²) in [6.07, 6.45) is 0.806. The van der Waals surface area contributed by atoms with Gasteiger partial charge in [-0.05, 0) is 60.5 Å². The number of aliphatic carboxylic acids is 1. The molecule has 10 nitrogen and oxygen atoms in total. The first-order valence-corrected chi connectivity index (χ1v) is 12.5. The fourth-order valence-corrected chi connectivity index (χ4v) is 3.40. The number of halogens is 1. The van der Waals surface area contributed by atoms with Crippen LogP contribution in [0, 0.1) is 5.82 Å². The van der Waals surface area contributed by atoms with Crippen LogP contribution in [0.4, 0.5) is 14.9 Å². The lowest BCUT2D eigenvalue weighted by atomic mass is 10.1. The van der Waals surface area contributed by atoms with Gasteiger partial charge in [-0.25, -0.2) is 18.8 Å². The van der Waals surface area contributed by atoms with E-state index in [-0.39, 0.29) is 23.3 Å². The number of ether oxygens (including phenoxy) is 3. The molecule has 3 aromatic rings. The summed E-state index contributed by atoms with van der Waals surface area (Å²) in [6, 6.07) is 16.6. The summed E-state index contributed by atoms with van der Waals surface area (Å²) in [5.74, 6) is -3.60. The van der Waals surface area contributed by atoms with Crippen LogP contribution in [-0.4, -0.2) is 48.3 Å². The highest BCUT2D eigenvalue weighted by Gasteiger charge is 2.22. The van der Waals surface area contributed by atoms with Gasteiger partial charge in [-0.15, -0.1) is 0 Å². The molecule has 0 bridgehead atoms. The number of para-hydroxylation sites is 1. The minimum atomic E-state index is -1.34. The molecule has 0 aliphatic carbocycles. The van der Waals surface area contributed by atoms with E-state index in [4.69, 9.17) is 14.2 Å². The summed E-state index contributed by atoms with van der Waals surface area (Å²) >= 11 is 0. The molecule has 0 fully saturated rings. The quantitative estimate of drug-likeness (QED) is 0.159. The third-order valence-electron chi connectivity index (χ3n) is 5.48. The number of carbonyl (C=O) groups is 4. The molecule has 0 saturated carbocycles. The topological polar surface area (TPSA) is 140 Å². The van der Waals surface area contributed by atoms with Crippen LogP contribution in [0.1, 0.15) is 35.7 Å². The van der Waals surface area contributed by atoms with Crippen LogP contribution in [0.2, 0.25) is 0 Å². The smallest absolute Gasteiger partial charge is 0.411 e. The highest BCUT2D eigenvalue weighted by molar-refractivity contribution is 5.92. The third-order valence-corrected chi connectivity index (χ3v) is 5.48. The van der Waals surface area contributed by atoms with Gasteiger partial charge in [0.25, 0.3) is 5.91 Å². The molecule has 3 aromatic carbocycles. The van der Waals surface area contributed by atoms with Gasteiger partial charge in [0, 0.05) is 12.1 Å². The lowest BCUT2D eigenvalue weighted by molar-refractivity contribution is -0.142. The van der Waals surface area contributed by atoms with Gasteiger partial charge in [0.1, 0.15) is 11.8 Å². The summed E-state index contributed by atoms with van der Waals surface area (Å²) in [6.45, 7) is 1.88. The Kier molecular flexibility index (Phi) is 11.0. The van der Waals surface area contributed by atoms with Crippen LogP contribution in [0.25, 0.3) is 0 Å². The summed E-state index contributed by atoms with van der Waals surface area (Å²) < 4.78 is 30.1. The molecule has 3 rings (SSSR count). The van der Waals surface area contributed by atoms with Gasteiger partial charge in [-0.3, -0.25) is 10.1 Å². The van der Waals surface area contributed by atoms with Crippen molar-refractivity contribution >= 4 is 29.6 Å². The van der Waals surface area contributed by atoms with E-state index < -0.39 is 42.4 Å². The number of anilines is 1. The maximum Gasteiger partial charge on any atom is 0.411 e. The number of carboxylic acids is 1. The Bertz CT molecular complexity index is 1320.